The Kier molecular flexibility index (Phi) is 4.56. The number of piperidine rings is 1. The standard InChI is InChI=1S/C22H23N5O2S/c1-15-10-12-26(13-11-15)30(28,29)18-7-5-6-17(14-18)21-23-24-22-20-9-4-3-8-19(20)16(2)25-27(21)22/h3-9,14-15H,10-13H2,1-2H3. The first kappa shape index (κ1) is 19.1. The molecule has 0 atom stereocenters. The van der Waals surface area contributed by atoms with Crippen molar-refractivity contribution in [1.82, 2.24) is 24.1 Å². The van der Waals surface area contributed by atoms with E-state index in [1.807, 2.05) is 37.3 Å². The summed E-state index contributed by atoms with van der Waals surface area (Å²) in [6.07, 6.45) is 1.79. The molecule has 0 amide bonds. The number of nitrogens with zero attached hydrogens (tertiary/aromatic N) is 5. The summed E-state index contributed by atoms with van der Waals surface area (Å²) in [6.45, 7) is 5.24. The van der Waals surface area contributed by atoms with Crippen LogP contribution in [0, 0.1) is 12.8 Å². The lowest BCUT2D eigenvalue weighted by Gasteiger charge is -2.29. The molecule has 7 nitrogen and oxygen atoms in total. The van der Waals surface area contributed by atoms with Gasteiger partial charge < -0.3 is 0 Å². The number of hydrogen-bond donors (Lipinski definition) is 0. The molecule has 0 unspecified atom stereocenters. The van der Waals surface area contributed by atoms with Crippen LogP contribution in [0.2, 0.25) is 0 Å². The lowest BCUT2D eigenvalue weighted by molar-refractivity contribution is 0.288. The van der Waals surface area contributed by atoms with E-state index in [0.29, 0.717) is 36.0 Å². The highest BCUT2D eigenvalue weighted by molar-refractivity contribution is 7.89. The lowest BCUT2D eigenvalue weighted by Crippen LogP contribution is -2.37. The zero-order chi connectivity index (χ0) is 20.9. The first-order chi connectivity index (χ1) is 14.4. The van der Waals surface area contributed by atoms with Crippen molar-refractivity contribution in [3.63, 3.8) is 0 Å². The van der Waals surface area contributed by atoms with Gasteiger partial charge in [0, 0.05) is 29.4 Å². The number of rotatable bonds is 3. The number of sulfonamides is 1. The topological polar surface area (TPSA) is 80.5 Å². The third-order valence-corrected chi connectivity index (χ3v) is 7.82. The van der Waals surface area contributed by atoms with E-state index in [1.165, 1.54) is 0 Å². The van der Waals surface area contributed by atoms with Gasteiger partial charge in [-0.3, -0.25) is 0 Å². The molecule has 0 bridgehead atoms. The molecule has 0 aliphatic carbocycles. The normalized spacial score (nSPS) is 16.5. The van der Waals surface area contributed by atoms with Crippen molar-refractivity contribution in [2.45, 2.75) is 31.6 Å². The molecule has 5 rings (SSSR count). The SMILES string of the molecule is Cc1nn2c(-c3cccc(S(=O)(=O)N4CCC(C)CC4)c3)nnc2c2ccccc12. The second-order valence-corrected chi connectivity index (χ2v) is 9.94. The average Bonchev–Trinajstić information content (AvgIpc) is 3.18. The summed E-state index contributed by atoms with van der Waals surface area (Å²) < 4.78 is 29.6. The Balaban J connectivity index is 1.60. The number of aromatic nitrogens is 4. The number of benzene rings is 2. The first-order valence-electron chi connectivity index (χ1n) is 10.2. The van der Waals surface area contributed by atoms with E-state index in [1.54, 1.807) is 27.0 Å². The second-order valence-electron chi connectivity index (χ2n) is 8.00. The zero-order valence-electron chi connectivity index (χ0n) is 17.0. The molecule has 1 saturated heterocycles. The third-order valence-electron chi connectivity index (χ3n) is 5.92. The van der Waals surface area contributed by atoms with Crippen LogP contribution >= 0.6 is 0 Å². The second kappa shape index (κ2) is 7.14. The molecule has 4 aromatic rings. The van der Waals surface area contributed by atoms with E-state index in [0.717, 1.165) is 29.3 Å². The predicted molar refractivity (Wildman–Crippen MR) is 116 cm³/mol. The molecular weight excluding hydrogens is 398 g/mol. The van der Waals surface area contributed by atoms with Crippen molar-refractivity contribution in [2.24, 2.45) is 5.92 Å². The fourth-order valence-corrected chi connectivity index (χ4v) is 5.61. The quantitative estimate of drug-likeness (QED) is 0.504. The molecule has 154 valence electrons. The molecular formula is C22H23N5O2S. The fraction of sp³-hybridized carbons (Fsp3) is 0.318. The van der Waals surface area contributed by atoms with Gasteiger partial charge in [0.1, 0.15) is 0 Å². The van der Waals surface area contributed by atoms with Crippen LogP contribution < -0.4 is 0 Å². The monoisotopic (exact) mass is 421 g/mol. The number of hydrogen-bond acceptors (Lipinski definition) is 5. The predicted octanol–water partition coefficient (Wildman–Crippen LogP) is 3.67. The highest BCUT2D eigenvalue weighted by atomic mass is 32.2. The maximum absolute atomic E-state index is 13.2. The molecule has 0 saturated carbocycles. The van der Waals surface area contributed by atoms with E-state index in [9.17, 15) is 8.42 Å². The summed E-state index contributed by atoms with van der Waals surface area (Å²) in [6, 6.07) is 14.9. The van der Waals surface area contributed by atoms with Crippen molar-refractivity contribution >= 4 is 26.4 Å². The molecule has 0 spiro atoms. The Hall–Kier alpha value is -2.84. The lowest BCUT2D eigenvalue weighted by atomic mass is 10.0. The average molecular weight is 422 g/mol. The molecule has 3 heterocycles. The molecule has 8 heteroatoms. The summed E-state index contributed by atoms with van der Waals surface area (Å²) in [7, 11) is -3.54. The molecule has 1 aliphatic rings. The Morgan fingerprint density at radius 3 is 2.47 bits per heavy atom. The van der Waals surface area contributed by atoms with Crippen molar-refractivity contribution < 1.29 is 8.42 Å². The third kappa shape index (κ3) is 3.07. The highest BCUT2D eigenvalue weighted by Crippen LogP contribution is 2.28. The zero-order valence-corrected chi connectivity index (χ0v) is 17.8. The van der Waals surface area contributed by atoms with Crippen molar-refractivity contribution in [2.75, 3.05) is 13.1 Å². The van der Waals surface area contributed by atoms with Crippen LogP contribution in [0.1, 0.15) is 25.5 Å². The van der Waals surface area contributed by atoms with E-state index < -0.39 is 10.0 Å². The molecule has 1 fully saturated rings. The van der Waals surface area contributed by atoms with Crippen LogP contribution in [-0.4, -0.2) is 45.6 Å². The van der Waals surface area contributed by atoms with E-state index in [-0.39, 0.29) is 4.90 Å². The van der Waals surface area contributed by atoms with Gasteiger partial charge in [0.05, 0.1) is 10.6 Å². The summed E-state index contributed by atoms with van der Waals surface area (Å²) in [4.78, 5) is 0.281. The van der Waals surface area contributed by atoms with Crippen LogP contribution in [0.3, 0.4) is 0 Å². The van der Waals surface area contributed by atoms with E-state index in [2.05, 4.69) is 22.2 Å². The summed E-state index contributed by atoms with van der Waals surface area (Å²) in [5, 5.41) is 15.3. The van der Waals surface area contributed by atoms with Crippen LogP contribution in [0.4, 0.5) is 0 Å². The van der Waals surface area contributed by atoms with Gasteiger partial charge >= 0.3 is 0 Å². The van der Waals surface area contributed by atoms with Gasteiger partial charge in [-0.15, -0.1) is 10.2 Å². The van der Waals surface area contributed by atoms with Crippen molar-refractivity contribution in [3.05, 3.63) is 54.2 Å². The largest absolute Gasteiger partial charge is 0.243 e. The van der Waals surface area contributed by atoms with Crippen molar-refractivity contribution in [1.29, 1.82) is 0 Å². The minimum atomic E-state index is -3.54. The minimum Gasteiger partial charge on any atom is -0.207 e. The first-order valence-corrected chi connectivity index (χ1v) is 11.6. The Labute approximate surface area is 175 Å². The maximum atomic E-state index is 13.2. The molecule has 2 aromatic carbocycles. The van der Waals surface area contributed by atoms with Crippen LogP contribution in [0.25, 0.3) is 27.8 Å². The van der Waals surface area contributed by atoms with Gasteiger partial charge in [-0.2, -0.15) is 13.9 Å². The summed E-state index contributed by atoms with van der Waals surface area (Å²) in [5.74, 6) is 1.09. The highest BCUT2D eigenvalue weighted by Gasteiger charge is 2.28. The van der Waals surface area contributed by atoms with E-state index >= 15 is 0 Å². The summed E-state index contributed by atoms with van der Waals surface area (Å²) in [5.41, 5.74) is 2.20. The van der Waals surface area contributed by atoms with Crippen LogP contribution in [0.15, 0.2) is 53.4 Å². The van der Waals surface area contributed by atoms with Crippen molar-refractivity contribution in [3.8, 4) is 11.4 Å². The number of fused-ring (bicyclic) bond motifs is 3. The Morgan fingerprint density at radius 1 is 0.967 bits per heavy atom. The minimum absolute atomic E-state index is 0.281. The molecule has 0 radical (unpaired) electrons. The summed E-state index contributed by atoms with van der Waals surface area (Å²) >= 11 is 0. The molecule has 0 N–H and O–H groups in total. The maximum Gasteiger partial charge on any atom is 0.243 e. The van der Waals surface area contributed by atoms with E-state index in [4.69, 9.17) is 0 Å². The number of aryl methyl sites for hydroxylation is 1. The van der Waals surface area contributed by atoms with Crippen LogP contribution in [-0.2, 0) is 10.0 Å². The molecule has 1 aliphatic heterocycles. The smallest absolute Gasteiger partial charge is 0.207 e. The molecule has 2 aromatic heterocycles. The van der Waals surface area contributed by atoms with Gasteiger partial charge in [-0.05, 0) is 37.8 Å². The van der Waals surface area contributed by atoms with Gasteiger partial charge in [0.25, 0.3) is 0 Å². The fourth-order valence-electron chi connectivity index (χ4n) is 4.09. The van der Waals surface area contributed by atoms with Gasteiger partial charge in [-0.25, -0.2) is 8.42 Å². The Bertz CT molecular complexity index is 1350. The van der Waals surface area contributed by atoms with Gasteiger partial charge in [-0.1, -0.05) is 43.3 Å². The van der Waals surface area contributed by atoms with Gasteiger partial charge in [0.2, 0.25) is 10.0 Å². The van der Waals surface area contributed by atoms with Gasteiger partial charge in [0.15, 0.2) is 11.5 Å². The van der Waals surface area contributed by atoms with Crippen LogP contribution in [0.5, 0.6) is 0 Å². The molecule has 30 heavy (non-hydrogen) atoms. The Morgan fingerprint density at radius 2 is 1.70 bits per heavy atom.